The lowest BCUT2D eigenvalue weighted by molar-refractivity contribution is 0.627. The predicted molar refractivity (Wildman–Crippen MR) is 74.7 cm³/mol. The standard InChI is InChI=1S/C15H10ClFN2/c1-9-6-10(8-11(17)7-9)14-12-4-2-3-5-13(12)15(16)19-18-14/h2-8H,1H3. The molecule has 0 aliphatic rings. The molecule has 0 aliphatic carbocycles. The summed E-state index contributed by atoms with van der Waals surface area (Å²) in [4.78, 5) is 0. The van der Waals surface area contributed by atoms with Crippen molar-refractivity contribution in [1.29, 1.82) is 0 Å². The second-order valence-corrected chi connectivity index (χ2v) is 4.76. The molecule has 4 heteroatoms. The van der Waals surface area contributed by atoms with Gasteiger partial charge in [-0.05, 0) is 30.7 Å². The van der Waals surface area contributed by atoms with E-state index in [1.165, 1.54) is 12.1 Å². The number of halogens is 2. The molecule has 0 amide bonds. The van der Waals surface area contributed by atoms with Gasteiger partial charge in [-0.25, -0.2) is 4.39 Å². The van der Waals surface area contributed by atoms with Crippen LogP contribution < -0.4 is 0 Å². The van der Waals surface area contributed by atoms with Gasteiger partial charge in [0.15, 0.2) is 5.15 Å². The molecule has 0 bridgehead atoms. The molecule has 0 N–H and O–H groups in total. The fraction of sp³-hybridized carbons (Fsp3) is 0.0667. The van der Waals surface area contributed by atoms with Crippen molar-refractivity contribution in [1.82, 2.24) is 10.2 Å². The molecular formula is C15H10ClFN2. The van der Waals surface area contributed by atoms with Crippen LogP contribution in [-0.2, 0) is 0 Å². The highest BCUT2D eigenvalue weighted by molar-refractivity contribution is 6.34. The van der Waals surface area contributed by atoms with Crippen molar-refractivity contribution in [2.24, 2.45) is 0 Å². The summed E-state index contributed by atoms with van der Waals surface area (Å²) >= 11 is 6.03. The zero-order chi connectivity index (χ0) is 13.4. The molecule has 3 rings (SSSR count). The van der Waals surface area contributed by atoms with Gasteiger partial charge in [-0.15, -0.1) is 10.2 Å². The molecule has 3 aromatic rings. The lowest BCUT2D eigenvalue weighted by atomic mass is 10.0. The second-order valence-electron chi connectivity index (χ2n) is 4.40. The lowest BCUT2D eigenvalue weighted by Gasteiger charge is -2.07. The van der Waals surface area contributed by atoms with E-state index in [-0.39, 0.29) is 5.82 Å². The molecular weight excluding hydrogens is 263 g/mol. The summed E-state index contributed by atoms with van der Waals surface area (Å²) in [6.45, 7) is 1.85. The van der Waals surface area contributed by atoms with Gasteiger partial charge < -0.3 is 0 Å². The third kappa shape index (κ3) is 2.17. The highest BCUT2D eigenvalue weighted by atomic mass is 35.5. The Hall–Kier alpha value is -2.00. The first-order chi connectivity index (χ1) is 9.15. The predicted octanol–water partition coefficient (Wildman–Crippen LogP) is 4.40. The van der Waals surface area contributed by atoms with Gasteiger partial charge >= 0.3 is 0 Å². The SMILES string of the molecule is Cc1cc(F)cc(-c2nnc(Cl)c3ccccc23)c1. The molecule has 1 aromatic heterocycles. The van der Waals surface area contributed by atoms with E-state index < -0.39 is 0 Å². The van der Waals surface area contributed by atoms with Crippen LogP contribution in [0.4, 0.5) is 4.39 Å². The Bertz CT molecular complexity index is 751. The zero-order valence-corrected chi connectivity index (χ0v) is 10.9. The fourth-order valence-corrected chi connectivity index (χ4v) is 2.36. The molecule has 0 unspecified atom stereocenters. The summed E-state index contributed by atoms with van der Waals surface area (Å²) < 4.78 is 13.5. The Morgan fingerprint density at radius 2 is 1.74 bits per heavy atom. The third-order valence-corrected chi connectivity index (χ3v) is 3.24. The van der Waals surface area contributed by atoms with E-state index in [0.717, 1.165) is 16.3 Å². The van der Waals surface area contributed by atoms with E-state index >= 15 is 0 Å². The average molecular weight is 273 g/mol. The molecule has 0 aliphatic heterocycles. The Morgan fingerprint density at radius 3 is 2.47 bits per heavy atom. The minimum Gasteiger partial charge on any atom is -0.207 e. The first-order valence-corrected chi connectivity index (χ1v) is 6.21. The van der Waals surface area contributed by atoms with Crippen LogP contribution >= 0.6 is 11.6 Å². The lowest BCUT2D eigenvalue weighted by Crippen LogP contribution is -1.92. The first kappa shape index (κ1) is 12.1. The molecule has 0 atom stereocenters. The molecule has 2 aromatic carbocycles. The normalized spacial score (nSPS) is 10.9. The Labute approximate surface area is 114 Å². The van der Waals surface area contributed by atoms with Crippen LogP contribution in [0.3, 0.4) is 0 Å². The van der Waals surface area contributed by atoms with E-state index in [9.17, 15) is 4.39 Å². The summed E-state index contributed by atoms with van der Waals surface area (Å²) in [6.07, 6.45) is 0. The number of hydrogen-bond acceptors (Lipinski definition) is 2. The number of aryl methyl sites for hydroxylation is 1. The zero-order valence-electron chi connectivity index (χ0n) is 10.2. The van der Waals surface area contributed by atoms with Crippen LogP contribution in [0.2, 0.25) is 5.15 Å². The van der Waals surface area contributed by atoms with E-state index in [1.54, 1.807) is 0 Å². The van der Waals surface area contributed by atoms with Crippen LogP contribution in [0.1, 0.15) is 5.56 Å². The van der Waals surface area contributed by atoms with Crippen LogP contribution in [0.15, 0.2) is 42.5 Å². The Morgan fingerprint density at radius 1 is 1.00 bits per heavy atom. The summed E-state index contributed by atoms with van der Waals surface area (Å²) in [6, 6.07) is 12.4. The molecule has 0 fully saturated rings. The minimum atomic E-state index is -0.282. The maximum Gasteiger partial charge on any atom is 0.159 e. The molecule has 0 saturated heterocycles. The van der Waals surface area contributed by atoms with Crippen molar-refractivity contribution < 1.29 is 4.39 Å². The van der Waals surface area contributed by atoms with Gasteiger partial charge in [0, 0.05) is 16.3 Å². The highest BCUT2D eigenvalue weighted by Crippen LogP contribution is 2.30. The fourth-order valence-electron chi connectivity index (χ4n) is 2.16. The van der Waals surface area contributed by atoms with E-state index in [1.807, 2.05) is 37.3 Å². The smallest absolute Gasteiger partial charge is 0.159 e. The average Bonchev–Trinajstić information content (AvgIpc) is 2.38. The van der Waals surface area contributed by atoms with Crippen molar-refractivity contribution in [3.63, 3.8) is 0 Å². The minimum absolute atomic E-state index is 0.282. The summed E-state index contributed by atoms with van der Waals surface area (Å²) in [5, 5.41) is 10.1. The maximum absolute atomic E-state index is 13.5. The van der Waals surface area contributed by atoms with Crippen molar-refractivity contribution in [2.75, 3.05) is 0 Å². The van der Waals surface area contributed by atoms with Crippen molar-refractivity contribution >= 4 is 22.4 Å². The number of nitrogens with zero attached hydrogens (tertiary/aromatic N) is 2. The number of hydrogen-bond donors (Lipinski definition) is 0. The molecule has 94 valence electrons. The molecule has 0 spiro atoms. The van der Waals surface area contributed by atoms with Gasteiger partial charge in [-0.2, -0.15) is 0 Å². The number of aromatic nitrogens is 2. The molecule has 1 heterocycles. The second kappa shape index (κ2) is 4.59. The van der Waals surface area contributed by atoms with Crippen LogP contribution in [0.25, 0.3) is 22.0 Å². The van der Waals surface area contributed by atoms with E-state index in [4.69, 9.17) is 11.6 Å². The molecule has 0 radical (unpaired) electrons. The number of fused-ring (bicyclic) bond motifs is 1. The van der Waals surface area contributed by atoms with Crippen molar-refractivity contribution in [3.05, 3.63) is 59.0 Å². The van der Waals surface area contributed by atoms with Gasteiger partial charge in [-0.1, -0.05) is 35.9 Å². The van der Waals surface area contributed by atoms with Crippen LogP contribution in [-0.4, -0.2) is 10.2 Å². The van der Waals surface area contributed by atoms with Gasteiger partial charge in [0.25, 0.3) is 0 Å². The van der Waals surface area contributed by atoms with Crippen molar-refractivity contribution in [2.45, 2.75) is 6.92 Å². The van der Waals surface area contributed by atoms with Crippen LogP contribution in [0.5, 0.6) is 0 Å². The summed E-state index contributed by atoms with van der Waals surface area (Å²) in [5.41, 5.74) is 2.19. The van der Waals surface area contributed by atoms with Gasteiger partial charge in [0.2, 0.25) is 0 Å². The van der Waals surface area contributed by atoms with Gasteiger partial charge in [0.05, 0.1) is 0 Å². The Balaban J connectivity index is 2.34. The van der Waals surface area contributed by atoms with E-state index in [0.29, 0.717) is 16.4 Å². The monoisotopic (exact) mass is 272 g/mol. The highest BCUT2D eigenvalue weighted by Gasteiger charge is 2.10. The summed E-state index contributed by atoms with van der Waals surface area (Å²) in [5.74, 6) is -0.282. The van der Waals surface area contributed by atoms with Gasteiger partial charge in [-0.3, -0.25) is 0 Å². The number of rotatable bonds is 1. The quantitative estimate of drug-likeness (QED) is 0.656. The topological polar surface area (TPSA) is 25.8 Å². The Kier molecular flexibility index (Phi) is 2.91. The largest absolute Gasteiger partial charge is 0.207 e. The number of benzene rings is 2. The third-order valence-electron chi connectivity index (χ3n) is 2.96. The van der Waals surface area contributed by atoms with Crippen molar-refractivity contribution in [3.8, 4) is 11.3 Å². The van der Waals surface area contributed by atoms with Crippen LogP contribution in [0, 0.1) is 12.7 Å². The van der Waals surface area contributed by atoms with Gasteiger partial charge in [0.1, 0.15) is 11.5 Å². The van der Waals surface area contributed by atoms with E-state index in [2.05, 4.69) is 10.2 Å². The molecule has 19 heavy (non-hydrogen) atoms. The molecule has 2 nitrogen and oxygen atoms in total. The maximum atomic E-state index is 13.5. The summed E-state index contributed by atoms with van der Waals surface area (Å²) in [7, 11) is 0. The molecule has 0 saturated carbocycles. The first-order valence-electron chi connectivity index (χ1n) is 5.83.